The second kappa shape index (κ2) is 6.26. The van der Waals surface area contributed by atoms with Gasteiger partial charge >= 0.3 is 0 Å². The van der Waals surface area contributed by atoms with Crippen LogP contribution in [0.3, 0.4) is 0 Å². The Labute approximate surface area is 107 Å². The smallest absolute Gasteiger partial charge is 0.227 e. The third kappa shape index (κ3) is 3.28. The van der Waals surface area contributed by atoms with Crippen molar-refractivity contribution in [2.75, 3.05) is 32.8 Å². The first kappa shape index (κ1) is 13.5. The highest BCUT2D eigenvalue weighted by Gasteiger charge is 2.25. The van der Waals surface area contributed by atoms with E-state index in [0.29, 0.717) is 24.2 Å². The number of rotatable bonds is 5. The average Bonchev–Trinajstić information content (AvgIpc) is 2.87. The molecule has 2 N–H and O–H groups in total. The lowest BCUT2D eigenvalue weighted by atomic mass is 10.1. The maximum absolute atomic E-state index is 5.69. The van der Waals surface area contributed by atoms with E-state index in [-0.39, 0.29) is 6.10 Å². The number of ether oxygens (including phenoxy) is 1. The Morgan fingerprint density at radius 3 is 3.11 bits per heavy atom. The van der Waals surface area contributed by atoms with Crippen molar-refractivity contribution in [1.82, 2.24) is 15.0 Å². The summed E-state index contributed by atoms with van der Waals surface area (Å²) in [4.78, 5) is 6.73. The second-order valence-electron chi connectivity index (χ2n) is 4.84. The van der Waals surface area contributed by atoms with Gasteiger partial charge in [-0.2, -0.15) is 4.98 Å². The lowest BCUT2D eigenvalue weighted by Gasteiger charge is -2.30. The minimum atomic E-state index is -0.0654. The molecule has 0 radical (unpaired) electrons. The minimum Gasteiger partial charge on any atom is -0.367 e. The van der Waals surface area contributed by atoms with E-state index in [2.05, 4.69) is 28.9 Å². The molecule has 6 heteroatoms. The standard InChI is InChI=1S/C12H22N4O2/c1-3-16-4-5-17-10(8-16)12-14-11(18-15-12)6-9(2)7-13/h9-10H,3-8,13H2,1-2H3. The van der Waals surface area contributed by atoms with Gasteiger partial charge in [-0.05, 0) is 19.0 Å². The number of hydrogen-bond donors (Lipinski definition) is 1. The fraction of sp³-hybridized carbons (Fsp3) is 0.833. The highest BCUT2D eigenvalue weighted by Crippen LogP contribution is 2.20. The van der Waals surface area contributed by atoms with E-state index in [1.165, 1.54) is 0 Å². The molecule has 0 amide bonds. The normalized spacial score (nSPS) is 23.2. The van der Waals surface area contributed by atoms with Gasteiger partial charge in [-0.15, -0.1) is 0 Å². The van der Waals surface area contributed by atoms with Gasteiger partial charge in [-0.3, -0.25) is 4.90 Å². The first-order chi connectivity index (χ1) is 8.72. The van der Waals surface area contributed by atoms with Crippen LogP contribution in [0.25, 0.3) is 0 Å². The van der Waals surface area contributed by atoms with E-state index >= 15 is 0 Å². The van der Waals surface area contributed by atoms with E-state index in [1.807, 2.05) is 0 Å². The van der Waals surface area contributed by atoms with Crippen molar-refractivity contribution < 1.29 is 9.26 Å². The predicted octanol–water partition coefficient (Wildman–Crippen LogP) is 0.600. The monoisotopic (exact) mass is 254 g/mol. The molecule has 2 atom stereocenters. The van der Waals surface area contributed by atoms with Crippen molar-refractivity contribution in [3.63, 3.8) is 0 Å². The van der Waals surface area contributed by atoms with Gasteiger partial charge < -0.3 is 15.0 Å². The van der Waals surface area contributed by atoms with E-state index in [9.17, 15) is 0 Å². The Hall–Kier alpha value is -0.980. The van der Waals surface area contributed by atoms with Gasteiger partial charge in [0.2, 0.25) is 11.7 Å². The van der Waals surface area contributed by atoms with Crippen molar-refractivity contribution in [3.8, 4) is 0 Å². The molecule has 0 saturated carbocycles. The summed E-state index contributed by atoms with van der Waals surface area (Å²) in [6, 6.07) is 0. The Bertz CT molecular complexity index is 369. The van der Waals surface area contributed by atoms with Crippen LogP contribution in [0.15, 0.2) is 4.52 Å². The Kier molecular flexibility index (Phi) is 4.68. The largest absolute Gasteiger partial charge is 0.367 e. The van der Waals surface area contributed by atoms with Gasteiger partial charge in [0.1, 0.15) is 6.10 Å². The van der Waals surface area contributed by atoms with Gasteiger partial charge in [-0.1, -0.05) is 19.0 Å². The fourth-order valence-electron chi connectivity index (χ4n) is 2.01. The molecule has 0 aromatic carbocycles. The zero-order valence-electron chi connectivity index (χ0n) is 11.1. The molecule has 2 heterocycles. The molecule has 1 saturated heterocycles. The third-order valence-corrected chi connectivity index (χ3v) is 3.30. The molecule has 1 fully saturated rings. The molecule has 2 unspecified atom stereocenters. The molecule has 1 aromatic heterocycles. The number of hydrogen-bond acceptors (Lipinski definition) is 6. The summed E-state index contributed by atoms with van der Waals surface area (Å²) < 4.78 is 10.9. The number of nitrogens with zero attached hydrogens (tertiary/aromatic N) is 3. The van der Waals surface area contributed by atoms with Gasteiger partial charge in [0.15, 0.2) is 0 Å². The van der Waals surface area contributed by atoms with Crippen molar-refractivity contribution in [1.29, 1.82) is 0 Å². The maximum atomic E-state index is 5.69. The number of likely N-dealkylation sites (N-methyl/N-ethyl adjacent to an activating group) is 1. The van der Waals surface area contributed by atoms with E-state index in [1.54, 1.807) is 0 Å². The summed E-state index contributed by atoms with van der Waals surface area (Å²) in [6.07, 6.45) is 0.664. The van der Waals surface area contributed by atoms with Crippen LogP contribution in [0.5, 0.6) is 0 Å². The fourth-order valence-corrected chi connectivity index (χ4v) is 2.01. The van der Waals surface area contributed by atoms with Crippen LogP contribution in [-0.4, -0.2) is 47.8 Å². The lowest BCUT2D eigenvalue weighted by molar-refractivity contribution is -0.0334. The predicted molar refractivity (Wildman–Crippen MR) is 67.0 cm³/mol. The summed E-state index contributed by atoms with van der Waals surface area (Å²) in [5, 5.41) is 4.02. The molecular weight excluding hydrogens is 232 g/mol. The van der Waals surface area contributed by atoms with E-state index in [0.717, 1.165) is 32.7 Å². The van der Waals surface area contributed by atoms with Crippen LogP contribution in [0, 0.1) is 5.92 Å². The Morgan fingerprint density at radius 2 is 2.39 bits per heavy atom. The summed E-state index contributed by atoms with van der Waals surface area (Å²) in [5.41, 5.74) is 5.58. The SMILES string of the molecule is CCN1CCOC(c2noc(CC(C)CN)n2)C1. The minimum absolute atomic E-state index is 0.0654. The second-order valence-corrected chi connectivity index (χ2v) is 4.84. The highest BCUT2D eigenvalue weighted by atomic mass is 16.5. The first-order valence-corrected chi connectivity index (χ1v) is 6.59. The molecule has 1 aromatic rings. The maximum Gasteiger partial charge on any atom is 0.227 e. The number of aromatic nitrogens is 2. The summed E-state index contributed by atoms with van der Waals surface area (Å²) in [6.45, 7) is 8.40. The highest BCUT2D eigenvalue weighted by molar-refractivity contribution is 4.94. The quantitative estimate of drug-likeness (QED) is 0.829. The zero-order valence-corrected chi connectivity index (χ0v) is 11.1. The average molecular weight is 254 g/mol. The number of morpholine rings is 1. The molecule has 0 bridgehead atoms. The van der Waals surface area contributed by atoms with Crippen LogP contribution >= 0.6 is 0 Å². The topological polar surface area (TPSA) is 77.4 Å². The van der Waals surface area contributed by atoms with Crippen molar-refractivity contribution in [2.45, 2.75) is 26.4 Å². The van der Waals surface area contributed by atoms with Crippen molar-refractivity contribution in [2.24, 2.45) is 11.7 Å². The zero-order chi connectivity index (χ0) is 13.0. The summed E-state index contributed by atoms with van der Waals surface area (Å²) >= 11 is 0. The Morgan fingerprint density at radius 1 is 1.56 bits per heavy atom. The molecule has 0 spiro atoms. The Balaban J connectivity index is 1.96. The van der Waals surface area contributed by atoms with Gasteiger partial charge in [0, 0.05) is 19.5 Å². The molecule has 0 aliphatic carbocycles. The molecule has 1 aliphatic rings. The molecule has 6 nitrogen and oxygen atoms in total. The van der Waals surface area contributed by atoms with Crippen LogP contribution < -0.4 is 5.73 Å². The lowest BCUT2D eigenvalue weighted by Crippen LogP contribution is -2.38. The van der Waals surface area contributed by atoms with E-state index in [4.69, 9.17) is 15.0 Å². The van der Waals surface area contributed by atoms with E-state index < -0.39 is 0 Å². The molecule has 2 rings (SSSR count). The molecule has 102 valence electrons. The first-order valence-electron chi connectivity index (χ1n) is 6.59. The van der Waals surface area contributed by atoms with Crippen molar-refractivity contribution >= 4 is 0 Å². The molecule has 1 aliphatic heterocycles. The summed E-state index contributed by atoms with van der Waals surface area (Å²) in [7, 11) is 0. The molecule has 18 heavy (non-hydrogen) atoms. The summed E-state index contributed by atoms with van der Waals surface area (Å²) in [5.74, 6) is 1.67. The van der Waals surface area contributed by atoms with Gasteiger partial charge in [0.25, 0.3) is 0 Å². The molecular formula is C12H22N4O2. The third-order valence-electron chi connectivity index (χ3n) is 3.30. The van der Waals surface area contributed by atoms with Gasteiger partial charge in [0.05, 0.1) is 6.61 Å². The van der Waals surface area contributed by atoms with Gasteiger partial charge in [-0.25, -0.2) is 0 Å². The van der Waals surface area contributed by atoms with Crippen LogP contribution in [0.1, 0.15) is 31.7 Å². The van der Waals surface area contributed by atoms with Crippen LogP contribution in [0.4, 0.5) is 0 Å². The number of nitrogens with two attached hydrogens (primary N) is 1. The van der Waals surface area contributed by atoms with Crippen LogP contribution in [0.2, 0.25) is 0 Å². The van der Waals surface area contributed by atoms with Crippen molar-refractivity contribution in [3.05, 3.63) is 11.7 Å². The van der Waals surface area contributed by atoms with Crippen LogP contribution in [-0.2, 0) is 11.2 Å².